The van der Waals surface area contributed by atoms with Gasteiger partial charge < -0.3 is 15.5 Å². The lowest BCUT2D eigenvalue weighted by atomic mass is 10.1. The Balaban J connectivity index is 2.06. The predicted molar refractivity (Wildman–Crippen MR) is 63.8 cm³/mol. The molecule has 0 spiro atoms. The molecule has 1 aromatic carbocycles. The van der Waals surface area contributed by atoms with Crippen molar-refractivity contribution in [1.82, 2.24) is 10.2 Å². The highest BCUT2D eigenvalue weighted by Gasteiger charge is 2.35. The molecule has 1 atom stereocenters. The first-order chi connectivity index (χ1) is 9.00. The van der Waals surface area contributed by atoms with E-state index in [2.05, 4.69) is 0 Å². The van der Waals surface area contributed by atoms with E-state index in [1.165, 1.54) is 12.1 Å². The van der Waals surface area contributed by atoms with E-state index in [9.17, 15) is 19.5 Å². The fourth-order valence-corrected chi connectivity index (χ4v) is 1.89. The number of hydrogen-bond donors (Lipinski definition) is 3. The SMILES string of the molecule is O=C(O)NC[C@@H](O)CN1C(=O)c2ccccc2C1=O. The van der Waals surface area contributed by atoms with Gasteiger partial charge in [0.1, 0.15) is 0 Å². The molecule has 0 bridgehead atoms. The van der Waals surface area contributed by atoms with Crippen molar-refractivity contribution < 1.29 is 24.6 Å². The van der Waals surface area contributed by atoms with Crippen LogP contribution in [0.25, 0.3) is 0 Å². The number of aliphatic hydroxyl groups excluding tert-OH is 1. The Labute approximate surface area is 108 Å². The number of fused-ring (bicyclic) bond motifs is 1. The van der Waals surface area contributed by atoms with Gasteiger partial charge in [0.25, 0.3) is 11.8 Å². The van der Waals surface area contributed by atoms with Gasteiger partial charge in [-0.15, -0.1) is 0 Å². The minimum Gasteiger partial charge on any atom is -0.465 e. The Kier molecular flexibility index (Phi) is 3.48. The molecule has 3 N–H and O–H groups in total. The van der Waals surface area contributed by atoms with E-state index < -0.39 is 24.0 Å². The molecule has 7 heteroatoms. The van der Waals surface area contributed by atoms with Gasteiger partial charge >= 0.3 is 6.09 Å². The first kappa shape index (κ1) is 13.0. The van der Waals surface area contributed by atoms with Crippen molar-refractivity contribution in [2.24, 2.45) is 0 Å². The number of hydrogen-bond acceptors (Lipinski definition) is 4. The van der Waals surface area contributed by atoms with Gasteiger partial charge in [-0.3, -0.25) is 14.5 Å². The summed E-state index contributed by atoms with van der Waals surface area (Å²) >= 11 is 0. The van der Waals surface area contributed by atoms with Crippen molar-refractivity contribution in [3.8, 4) is 0 Å². The molecule has 19 heavy (non-hydrogen) atoms. The van der Waals surface area contributed by atoms with Gasteiger partial charge in [0.2, 0.25) is 0 Å². The van der Waals surface area contributed by atoms with Gasteiger partial charge in [-0.2, -0.15) is 0 Å². The Morgan fingerprint density at radius 2 is 1.74 bits per heavy atom. The molecule has 1 aliphatic heterocycles. The number of amides is 3. The molecular formula is C12H12N2O5. The van der Waals surface area contributed by atoms with Gasteiger partial charge in [-0.05, 0) is 12.1 Å². The van der Waals surface area contributed by atoms with Crippen LogP contribution in [-0.2, 0) is 0 Å². The second-order valence-electron chi connectivity index (χ2n) is 4.11. The lowest BCUT2D eigenvalue weighted by molar-refractivity contribution is 0.0545. The first-order valence-electron chi connectivity index (χ1n) is 5.61. The van der Waals surface area contributed by atoms with Crippen molar-refractivity contribution in [1.29, 1.82) is 0 Å². The number of carbonyl (C=O) groups excluding carboxylic acids is 2. The van der Waals surface area contributed by atoms with Crippen molar-refractivity contribution in [2.75, 3.05) is 13.1 Å². The summed E-state index contributed by atoms with van der Waals surface area (Å²) < 4.78 is 0. The molecule has 3 amide bonds. The van der Waals surface area contributed by atoms with Crippen LogP contribution in [0, 0.1) is 0 Å². The largest absolute Gasteiger partial charge is 0.465 e. The summed E-state index contributed by atoms with van der Waals surface area (Å²) in [5, 5.41) is 20.0. The summed E-state index contributed by atoms with van der Waals surface area (Å²) in [5.41, 5.74) is 0.594. The molecule has 0 fully saturated rings. The van der Waals surface area contributed by atoms with Crippen LogP contribution in [0.2, 0.25) is 0 Å². The minimum atomic E-state index is -1.28. The van der Waals surface area contributed by atoms with Crippen LogP contribution < -0.4 is 5.32 Å². The molecular weight excluding hydrogens is 252 g/mol. The van der Waals surface area contributed by atoms with E-state index in [1.807, 2.05) is 5.32 Å². The monoisotopic (exact) mass is 264 g/mol. The second-order valence-corrected chi connectivity index (χ2v) is 4.11. The van der Waals surface area contributed by atoms with E-state index in [0.29, 0.717) is 11.1 Å². The lowest BCUT2D eigenvalue weighted by Crippen LogP contribution is -2.42. The number of aliphatic hydroxyl groups is 1. The van der Waals surface area contributed by atoms with Crippen molar-refractivity contribution in [3.05, 3.63) is 35.4 Å². The highest BCUT2D eigenvalue weighted by atomic mass is 16.4. The van der Waals surface area contributed by atoms with E-state index >= 15 is 0 Å². The minimum absolute atomic E-state index is 0.243. The van der Waals surface area contributed by atoms with Crippen molar-refractivity contribution in [2.45, 2.75) is 6.10 Å². The molecule has 7 nitrogen and oxygen atoms in total. The highest BCUT2D eigenvalue weighted by molar-refractivity contribution is 6.21. The zero-order valence-electron chi connectivity index (χ0n) is 9.87. The summed E-state index contributed by atoms with van der Waals surface area (Å²) in [4.78, 5) is 35.1. The maximum atomic E-state index is 11.9. The zero-order valence-corrected chi connectivity index (χ0v) is 9.87. The average Bonchev–Trinajstić information content (AvgIpc) is 2.62. The molecule has 0 aromatic heterocycles. The summed E-state index contributed by atoms with van der Waals surface area (Å²) in [6.45, 7) is -0.491. The third-order valence-electron chi connectivity index (χ3n) is 2.76. The molecule has 1 heterocycles. The summed E-state index contributed by atoms with van der Waals surface area (Å²) in [7, 11) is 0. The van der Waals surface area contributed by atoms with E-state index in [4.69, 9.17) is 5.11 Å². The van der Waals surface area contributed by atoms with Crippen LogP contribution >= 0.6 is 0 Å². The van der Waals surface area contributed by atoms with E-state index in [1.54, 1.807) is 12.1 Å². The van der Waals surface area contributed by atoms with Gasteiger partial charge in [0.15, 0.2) is 0 Å². The van der Waals surface area contributed by atoms with E-state index in [-0.39, 0.29) is 13.1 Å². The lowest BCUT2D eigenvalue weighted by Gasteiger charge is -2.18. The topological polar surface area (TPSA) is 107 Å². The van der Waals surface area contributed by atoms with Gasteiger partial charge in [0, 0.05) is 6.54 Å². The van der Waals surface area contributed by atoms with Crippen LogP contribution in [0.5, 0.6) is 0 Å². The smallest absolute Gasteiger partial charge is 0.404 e. The fraction of sp³-hybridized carbons (Fsp3) is 0.250. The Morgan fingerprint density at radius 1 is 1.21 bits per heavy atom. The third kappa shape index (κ3) is 2.55. The summed E-state index contributed by atoms with van der Waals surface area (Å²) in [6.07, 6.45) is -2.42. The molecule has 2 rings (SSSR count). The second kappa shape index (κ2) is 5.07. The first-order valence-corrected chi connectivity index (χ1v) is 5.61. The average molecular weight is 264 g/mol. The van der Waals surface area contributed by atoms with Crippen LogP contribution in [0.1, 0.15) is 20.7 Å². The number of nitrogens with one attached hydrogen (secondary N) is 1. The van der Waals surface area contributed by atoms with Crippen LogP contribution in [0.15, 0.2) is 24.3 Å². The molecule has 1 aromatic rings. The van der Waals surface area contributed by atoms with Gasteiger partial charge in [0.05, 0.1) is 23.8 Å². The normalized spacial score (nSPS) is 15.3. The van der Waals surface area contributed by atoms with Crippen LogP contribution in [-0.4, -0.2) is 52.2 Å². The highest BCUT2D eigenvalue weighted by Crippen LogP contribution is 2.22. The maximum absolute atomic E-state index is 11.9. The van der Waals surface area contributed by atoms with Gasteiger partial charge in [-0.1, -0.05) is 12.1 Å². The van der Waals surface area contributed by atoms with E-state index in [0.717, 1.165) is 4.90 Å². The molecule has 0 saturated carbocycles. The number of benzene rings is 1. The zero-order chi connectivity index (χ0) is 14.0. The maximum Gasteiger partial charge on any atom is 0.404 e. The fourth-order valence-electron chi connectivity index (χ4n) is 1.89. The number of carboxylic acid groups (broad SMARTS) is 1. The number of carbonyl (C=O) groups is 3. The number of rotatable bonds is 4. The standard InChI is InChI=1S/C12H12N2O5/c15-7(5-13-12(18)19)6-14-10(16)8-3-1-2-4-9(8)11(14)17/h1-4,7,13,15H,5-6H2,(H,18,19)/t7-/m1/s1. The van der Waals surface area contributed by atoms with Crippen LogP contribution in [0.3, 0.4) is 0 Å². The van der Waals surface area contributed by atoms with Crippen LogP contribution in [0.4, 0.5) is 4.79 Å². The summed E-state index contributed by atoms with van der Waals surface area (Å²) in [5.74, 6) is -0.954. The predicted octanol–water partition coefficient (Wildman–Crippen LogP) is -0.0889. The van der Waals surface area contributed by atoms with Crippen molar-refractivity contribution >= 4 is 17.9 Å². The molecule has 0 aliphatic carbocycles. The Bertz CT molecular complexity index is 508. The molecule has 0 radical (unpaired) electrons. The number of imide groups is 1. The molecule has 0 unspecified atom stereocenters. The molecule has 100 valence electrons. The number of β-amino-alcohol motifs (C(OH)–C–C–N with tert-alkyl or cyclic N) is 1. The Hall–Kier alpha value is -2.41. The third-order valence-corrected chi connectivity index (χ3v) is 2.76. The quantitative estimate of drug-likeness (QED) is 0.659. The molecule has 1 aliphatic rings. The number of nitrogens with zero attached hydrogens (tertiary/aromatic N) is 1. The Morgan fingerprint density at radius 3 is 2.21 bits per heavy atom. The summed E-state index contributed by atoms with van der Waals surface area (Å²) in [6, 6.07) is 6.38. The van der Waals surface area contributed by atoms with Crippen molar-refractivity contribution in [3.63, 3.8) is 0 Å². The molecule has 0 saturated heterocycles. The van der Waals surface area contributed by atoms with Gasteiger partial charge in [-0.25, -0.2) is 4.79 Å².